The van der Waals surface area contributed by atoms with Gasteiger partial charge in [-0.05, 0) is 31.1 Å². The van der Waals surface area contributed by atoms with Gasteiger partial charge in [0.1, 0.15) is 5.82 Å². The van der Waals surface area contributed by atoms with Crippen LogP contribution in [0, 0.1) is 5.82 Å². The lowest BCUT2D eigenvalue weighted by molar-refractivity contribution is 0.284. The van der Waals surface area contributed by atoms with Gasteiger partial charge in [-0.25, -0.2) is 4.39 Å². The van der Waals surface area contributed by atoms with Crippen molar-refractivity contribution in [3.05, 3.63) is 33.6 Å². The summed E-state index contributed by atoms with van der Waals surface area (Å²) in [6.07, 6.45) is 1.12. The molecular formula is C12H16Cl3FN2. The molecule has 0 spiro atoms. The van der Waals surface area contributed by atoms with Crippen LogP contribution in [0.25, 0.3) is 0 Å². The van der Waals surface area contributed by atoms with Crippen molar-refractivity contribution in [2.75, 3.05) is 26.2 Å². The van der Waals surface area contributed by atoms with Crippen molar-refractivity contribution in [3.63, 3.8) is 0 Å². The van der Waals surface area contributed by atoms with Crippen molar-refractivity contribution in [1.29, 1.82) is 0 Å². The van der Waals surface area contributed by atoms with Gasteiger partial charge in [-0.1, -0.05) is 29.3 Å². The molecule has 2 rings (SSSR count). The minimum absolute atomic E-state index is 0. The van der Waals surface area contributed by atoms with Crippen molar-refractivity contribution < 1.29 is 4.39 Å². The molecule has 1 aliphatic rings. The van der Waals surface area contributed by atoms with E-state index in [2.05, 4.69) is 10.2 Å². The van der Waals surface area contributed by atoms with E-state index < -0.39 is 5.82 Å². The first kappa shape index (κ1) is 16.0. The summed E-state index contributed by atoms with van der Waals surface area (Å²) < 4.78 is 13.2. The number of nitrogens with zero attached hydrogens (tertiary/aromatic N) is 1. The second-order valence-electron chi connectivity index (χ2n) is 4.21. The van der Waals surface area contributed by atoms with Crippen LogP contribution in [-0.2, 0) is 6.54 Å². The van der Waals surface area contributed by atoms with E-state index in [1.165, 1.54) is 6.07 Å². The van der Waals surface area contributed by atoms with Crippen LogP contribution < -0.4 is 5.32 Å². The van der Waals surface area contributed by atoms with Gasteiger partial charge < -0.3 is 5.32 Å². The summed E-state index contributed by atoms with van der Waals surface area (Å²) in [6.45, 7) is 4.76. The van der Waals surface area contributed by atoms with E-state index in [4.69, 9.17) is 23.2 Å². The first-order valence-electron chi connectivity index (χ1n) is 5.74. The molecule has 1 fully saturated rings. The molecule has 1 saturated heterocycles. The molecule has 0 amide bonds. The molecule has 0 saturated carbocycles. The Kier molecular flexibility index (Phi) is 6.67. The number of benzene rings is 1. The molecule has 1 aliphatic heterocycles. The third-order valence-electron chi connectivity index (χ3n) is 2.94. The second-order valence-corrected chi connectivity index (χ2v) is 4.97. The van der Waals surface area contributed by atoms with Gasteiger partial charge in [-0.15, -0.1) is 12.4 Å². The highest BCUT2D eigenvalue weighted by atomic mass is 35.5. The van der Waals surface area contributed by atoms with E-state index in [0.717, 1.165) is 44.7 Å². The molecule has 18 heavy (non-hydrogen) atoms. The summed E-state index contributed by atoms with van der Waals surface area (Å²) in [6, 6.07) is 3.08. The lowest BCUT2D eigenvalue weighted by Crippen LogP contribution is -2.27. The largest absolute Gasteiger partial charge is 0.315 e. The molecule has 0 unspecified atom stereocenters. The number of nitrogens with one attached hydrogen (secondary N) is 1. The Morgan fingerprint density at radius 1 is 1.17 bits per heavy atom. The Labute approximate surface area is 123 Å². The van der Waals surface area contributed by atoms with Crippen molar-refractivity contribution in [2.45, 2.75) is 13.0 Å². The van der Waals surface area contributed by atoms with Gasteiger partial charge in [0.05, 0.1) is 10.0 Å². The standard InChI is InChI=1S/C12H15Cl2FN2.ClH/c13-11-9(2-3-10(15)12(11)14)8-17-6-1-4-16-5-7-17;/h2-3,16H,1,4-8H2;1H. The van der Waals surface area contributed by atoms with E-state index in [1.54, 1.807) is 6.07 Å². The molecule has 0 aliphatic carbocycles. The molecule has 0 radical (unpaired) electrons. The highest BCUT2D eigenvalue weighted by Gasteiger charge is 2.14. The zero-order valence-electron chi connectivity index (χ0n) is 9.89. The number of rotatable bonds is 2. The van der Waals surface area contributed by atoms with Crippen molar-refractivity contribution >= 4 is 35.6 Å². The molecule has 1 aromatic rings. The van der Waals surface area contributed by atoms with E-state index in [9.17, 15) is 4.39 Å². The fourth-order valence-electron chi connectivity index (χ4n) is 1.99. The zero-order chi connectivity index (χ0) is 12.3. The lowest BCUT2D eigenvalue weighted by Gasteiger charge is -2.20. The SMILES string of the molecule is Cl.Fc1ccc(CN2CCCNCC2)c(Cl)c1Cl. The van der Waals surface area contributed by atoms with Gasteiger partial charge in [-0.3, -0.25) is 4.90 Å². The molecule has 0 aromatic heterocycles. The Hall–Kier alpha value is -0.0600. The van der Waals surface area contributed by atoms with Crippen LogP contribution in [0.15, 0.2) is 12.1 Å². The van der Waals surface area contributed by atoms with E-state index in [-0.39, 0.29) is 17.4 Å². The molecule has 2 nitrogen and oxygen atoms in total. The zero-order valence-corrected chi connectivity index (χ0v) is 12.2. The van der Waals surface area contributed by atoms with E-state index in [1.807, 2.05) is 0 Å². The van der Waals surface area contributed by atoms with Gasteiger partial charge in [0.15, 0.2) is 0 Å². The molecule has 1 N–H and O–H groups in total. The van der Waals surface area contributed by atoms with Gasteiger partial charge in [0, 0.05) is 19.6 Å². The first-order chi connectivity index (χ1) is 8.18. The maximum atomic E-state index is 13.2. The predicted octanol–water partition coefficient (Wildman–Crippen LogP) is 3.35. The normalized spacial score (nSPS) is 17.1. The van der Waals surface area contributed by atoms with Gasteiger partial charge >= 0.3 is 0 Å². The van der Waals surface area contributed by atoms with Crippen LogP contribution in [0.2, 0.25) is 10.0 Å². The van der Waals surface area contributed by atoms with Crippen LogP contribution in [-0.4, -0.2) is 31.1 Å². The molecular weight excluding hydrogens is 298 g/mol. The Balaban J connectivity index is 0.00000162. The number of hydrogen-bond donors (Lipinski definition) is 1. The summed E-state index contributed by atoms with van der Waals surface area (Å²) in [4.78, 5) is 2.30. The van der Waals surface area contributed by atoms with E-state index >= 15 is 0 Å². The van der Waals surface area contributed by atoms with Crippen LogP contribution in [0.5, 0.6) is 0 Å². The monoisotopic (exact) mass is 312 g/mol. The van der Waals surface area contributed by atoms with E-state index in [0.29, 0.717) is 5.02 Å². The highest BCUT2D eigenvalue weighted by Crippen LogP contribution is 2.29. The number of halogens is 4. The minimum Gasteiger partial charge on any atom is -0.315 e. The molecule has 1 heterocycles. The smallest absolute Gasteiger partial charge is 0.143 e. The Bertz CT molecular complexity index is 393. The van der Waals surface area contributed by atoms with Crippen LogP contribution in [0.4, 0.5) is 4.39 Å². The van der Waals surface area contributed by atoms with Crippen LogP contribution in [0.3, 0.4) is 0 Å². The van der Waals surface area contributed by atoms with Gasteiger partial charge in [0.2, 0.25) is 0 Å². The topological polar surface area (TPSA) is 15.3 Å². The van der Waals surface area contributed by atoms with Crippen molar-refractivity contribution in [2.24, 2.45) is 0 Å². The average molecular weight is 314 g/mol. The molecule has 6 heteroatoms. The van der Waals surface area contributed by atoms with Gasteiger partial charge in [-0.2, -0.15) is 0 Å². The molecule has 0 bridgehead atoms. The summed E-state index contributed by atoms with van der Waals surface area (Å²) in [5.74, 6) is -0.460. The fraction of sp³-hybridized carbons (Fsp3) is 0.500. The van der Waals surface area contributed by atoms with Crippen LogP contribution >= 0.6 is 35.6 Å². The summed E-state index contributed by atoms with van der Waals surface area (Å²) >= 11 is 11.8. The summed E-state index contributed by atoms with van der Waals surface area (Å²) in [5, 5.41) is 3.70. The Morgan fingerprint density at radius 2 is 1.94 bits per heavy atom. The van der Waals surface area contributed by atoms with Gasteiger partial charge in [0.25, 0.3) is 0 Å². The third-order valence-corrected chi connectivity index (χ3v) is 3.84. The number of hydrogen-bond acceptors (Lipinski definition) is 2. The summed E-state index contributed by atoms with van der Waals surface area (Å²) in [7, 11) is 0. The first-order valence-corrected chi connectivity index (χ1v) is 6.49. The molecule has 0 atom stereocenters. The highest BCUT2D eigenvalue weighted by molar-refractivity contribution is 6.42. The predicted molar refractivity (Wildman–Crippen MR) is 76.4 cm³/mol. The summed E-state index contributed by atoms with van der Waals surface area (Å²) in [5.41, 5.74) is 0.889. The average Bonchev–Trinajstić information content (AvgIpc) is 2.59. The van der Waals surface area contributed by atoms with Crippen molar-refractivity contribution in [1.82, 2.24) is 10.2 Å². The van der Waals surface area contributed by atoms with Crippen LogP contribution in [0.1, 0.15) is 12.0 Å². The lowest BCUT2D eigenvalue weighted by atomic mass is 10.2. The fourth-order valence-corrected chi connectivity index (χ4v) is 2.39. The maximum absolute atomic E-state index is 13.2. The third kappa shape index (κ3) is 3.97. The molecule has 1 aromatic carbocycles. The maximum Gasteiger partial charge on any atom is 0.143 e. The minimum atomic E-state index is -0.460. The quantitative estimate of drug-likeness (QED) is 0.842. The Morgan fingerprint density at radius 3 is 2.72 bits per heavy atom. The molecule has 102 valence electrons. The second kappa shape index (κ2) is 7.51. The van der Waals surface area contributed by atoms with Crippen molar-refractivity contribution in [3.8, 4) is 0 Å².